The van der Waals surface area contributed by atoms with Gasteiger partial charge >= 0.3 is 0 Å². The minimum absolute atomic E-state index is 0.123. The van der Waals surface area contributed by atoms with Gasteiger partial charge in [0.15, 0.2) is 0 Å². The van der Waals surface area contributed by atoms with Crippen molar-refractivity contribution >= 4 is 32.4 Å². The predicted molar refractivity (Wildman–Crippen MR) is 110 cm³/mol. The van der Waals surface area contributed by atoms with Gasteiger partial charge in [0.25, 0.3) is 0 Å². The summed E-state index contributed by atoms with van der Waals surface area (Å²) < 4.78 is 25.2. The quantitative estimate of drug-likeness (QED) is 0.639. The van der Waals surface area contributed by atoms with Crippen LogP contribution in [0.5, 0.6) is 0 Å². The van der Waals surface area contributed by atoms with Crippen LogP contribution in [-0.2, 0) is 21.4 Å². The number of nitrogens with one attached hydrogen (secondary N) is 1. The maximum atomic E-state index is 12.4. The Hall–Kier alpha value is -2.62. The molecule has 0 radical (unpaired) electrons. The highest BCUT2D eigenvalue weighted by molar-refractivity contribution is 7.88. The van der Waals surface area contributed by atoms with E-state index in [-0.39, 0.29) is 13.1 Å². The highest BCUT2D eigenvalue weighted by Gasteiger charge is 2.21. The maximum absolute atomic E-state index is 12.4. The molecule has 1 amide bonds. The van der Waals surface area contributed by atoms with Crippen molar-refractivity contribution in [3.63, 3.8) is 0 Å². The first-order valence-corrected chi connectivity index (χ1v) is 11.2. The molecule has 3 rings (SSSR count). The first-order valence-electron chi connectivity index (χ1n) is 8.51. The molecular formula is C19H20N4O3S2. The molecule has 7 nitrogen and oxygen atoms in total. The molecule has 0 saturated heterocycles. The molecule has 3 aromatic rings. The number of hydrogen-bond donors (Lipinski definition) is 1. The Balaban J connectivity index is 1.67. The van der Waals surface area contributed by atoms with E-state index in [1.54, 1.807) is 0 Å². The average molecular weight is 417 g/mol. The van der Waals surface area contributed by atoms with Gasteiger partial charge in [0.05, 0.1) is 12.8 Å². The van der Waals surface area contributed by atoms with Gasteiger partial charge in [-0.3, -0.25) is 10.1 Å². The van der Waals surface area contributed by atoms with Gasteiger partial charge in [-0.05, 0) is 12.5 Å². The maximum Gasteiger partial charge on any atom is 0.241 e. The highest BCUT2D eigenvalue weighted by Crippen LogP contribution is 2.26. The number of nitrogens with zero attached hydrogens (tertiary/aromatic N) is 3. The van der Waals surface area contributed by atoms with Crippen LogP contribution < -0.4 is 5.32 Å². The lowest BCUT2D eigenvalue weighted by Gasteiger charge is -2.19. The van der Waals surface area contributed by atoms with Gasteiger partial charge in [0.1, 0.15) is 5.01 Å². The summed E-state index contributed by atoms with van der Waals surface area (Å²) in [6.07, 6.45) is 1.09. The highest BCUT2D eigenvalue weighted by atomic mass is 32.2. The second-order valence-corrected chi connectivity index (χ2v) is 9.30. The zero-order valence-corrected chi connectivity index (χ0v) is 17.1. The minimum Gasteiger partial charge on any atom is -0.299 e. The van der Waals surface area contributed by atoms with E-state index in [0.29, 0.717) is 10.1 Å². The smallest absolute Gasteiger partial charge is 0.241 e. The molecular weight excluding hydrogens is 396 g/mol. The van der Waals surface area contributed by atoms with Gasteiger partial charge in [0.2, 0.25) is 21.1 Å². The number of carbonyl (C=O) groups excluding carboxylic acids is 1. The minimum atomic E-state index is -3.55. The summed E-state index contributed by atoms with van der Waals surface area (Å²) in [5, 5.41) is 11.7. The SMILES string of the molecule is Cc1ccc(-c2nnc(NC(=O)CN(Cc3ccccc3)S(C)(=O)=O)s2)cc1. The van der Waals surface area contributed by atoms with Gasteiger partial charge in [0, 0.05) is 12.1 Å². The van der Waals surface area contributed by atoms with E-state index in [1.165, 1.54) is 11.3 Å². The normalized spacial score (nSPS) is 11.5. The molecule has 0 bridgehead atoms. The standard InChI is InChI=1S/C19H20N4O3S2/c1-14-8-10-16(11-9-14)18-21-22-19(27-18)20-17(24)13-23(28(2,25)26)12-15-6-4-3-5-7-15/h3-11H,12-13H2,1-2H3,(H,20,22,24). The van der Waals surface area contributed by atoms with Gasteiger partial charge in [-0.25, -0.2) is 8.42 Å². The van der Waals surface area contributed by atoms with Crippen molar-refractivity contribution in [1.82, 2.24) is 14.5 Å². The number of carbonyl (C=O) groups is 1. The third-order valence-corrected chi connectivity index (χ3v) is 6.04. The topological polar surface area (TPSA) is 92.3 Å². The number of amides is 1. The molecule has 28 heavy (non-hydrogen) atoms. The molecule has 0 aliphatic heterocycles. The summed E-state index contributed by atoms with van der Waals surface area (Å²) in [5.41, 5.74) is 2.85. The lowest BCUT2D eigenvalue weighted by Crippen LogP contribution is -2.36. The van der Waals surface area contributed by atoms with Crippen LogP contribution in [0.25, 0.3) is 10.6 Å². The Morgan fingerprint density at radius 3 is 2.39 bits per heavy atom. The molecule has 0 spiro atoms. The zero-order chi connectivity index (χ0) is 20.1. The first kappa shape index (κ1) is 20.1. The van der Waals surface area contributed by atoms with Crippen LogP contribution >= 0.6 is 11.3 Å². The van der Waals surface area contributed by atoms with Crippen LogP contribution in [0.4, 0.5) is 5.13 Å². The third-order valence-electron chi connectivity index (χ3n) is 3.96. The Morgan fingerprint density at radius 1 is 1.07 bits per heavy atom. The van der Waals surface area contributed by atoms with Crippen molar-refractivity contribution < 1.29 is 13.2 Å². The van der Waals surface area contributed by atoms with Gasteiger partial charge in [-0.2, -0.15) is 4.31 Å². The molecule has 0 saturated carbocycles. The Bertz CT molecular complexity index is 1050. The fourth-order valence-corrected chi connectivity index (χ4v) is 3.98. The van der Waals surface area contributed by atoms with Crippen molar-refractivity contribution in [3.8, 4) is 10.6 Å². The summed E-state index contributed by atoms with van der Waals surface area (Å²) in [5.74, 6) is -0.465. The second-order valence-electron chi connectivity index (χ2n) is 6.34. The molecule has 9 heteroatoms. The molecule has 0 aliphatic rings. The Kier molecular flexibility index (Phi) is 6.18. The summed E-state index contributed by atoms with van der Waals surface area (Å²) in [4.78, 5) is 12.4. The number of aryl methyl sites for hydroxylation is 1. The molecule has 0 aliphatic carbocycles. The number of aromatic nitrogens is 2. The van der Waals surface area contributed by atoms with Gasteiger partial charge in [-0.15, -0.1) is 10.2 Å². The lowest BCUT2D eigenvalue weighted by molar-refractivity contribution is -0.116. The van der Waals surface area contributed by atoms with E-state index < -0.39 is 15.9 Å². The number of benzene rings is 2. The summed E-state index contributed by atoms with van der Waals surface area (Å²) in [6, 6.07) is 16.9. The van der Waals surface area contributed by atoms with Crippen molar-refractivity contribution in [2.45, 2.75) is 13.5 Å². The van der Waals surface area contributed by atoms with Crippen LogP contribution in [-0.4, -0.2) is 41.6 Å². The Morgan fingerprint density at radius 2 is 1.75 bits per heavy atom. The van der Waals surface area contributed by atoms with Crippen molar-refractivity contribution in [3.05, 3.63) is 65.7 Å². The predicted octanol–water partition coefficient (Wildman–Crippen LogP) is 2.91. The van der Waals surface area contributed by atoms with E-state index in [2.05, 4.69) is 15.5 Å². The average Bonchev–Trinajstić information content (AvgIpc) is 3.10. The number of hydrogen-bond acceptors (Lipinski definition) is 6. The summed E-state index contributed by atoms with van der Waals surface area (Å²) in [6.45, 7) is 1.82. The fraction of sp³-hybridized carbons (Fsp3) is 0.211. The molecule has 1 N–H and O–H groups in total. The first-order chi connectivity index (χ1) is 13.3. The van der Waals surface area contributed by atoms with Crippen LogP contribution in [0, 0.1) is 6.92 Å². The fourth-order valence-electron chi connectivity index (χ4n) is 2.48. The number of sulfonamides is 1. The van der Waals surface area contributed by atoms with E-state index in [1.807, 2.05) is 61.5 Å². The molecule has 1 heterocycles. The molecule has 2 aromatic carbocycles. The van der Waals surface area contributed by atoms with Crippen molar-refractivity contribution in [2.24, 2.45) is 0 Å². The van der Waals surface area contributed by atoms with E-state index in [9.17, 15) is 13.2 Å². The molecule has 0 unspecified atom stereocenters. The molecule has 0 fully saturated rings. The van der Waals surface area contributed by atoms with Crippen LogP contribution in [0.15, 0.2) is 54.6 Å². The number of rotatable bonds is 7. The van der Waals surface area contributed by atoms with Gasteiger partial charge < -0.3 is 0 Å². The molecule has 0 atom stereocenters. The number of anilines is 1. The summed E-state index contributed by atoms with van der Waals surface area (Å²) >= 11 is 1.24. The largest absolute Gasteiger partial charge is 0.299 e. The Labute approximate surface area is 168 Å². The van der Waals surface area contributed by atoms with Crippen LogP contribution in [0.2, 0.25) is 0 Å². The van der Waals surface area contributed by atoms with Crippen LogP contribution in [0.3, 0.4) is 0 Å². The van der Waals surface area contributed by atoms with E-state index in [0.717, 1.165) is 27.3 Å². The van der Waals surface area contributed by atoms with E-state index in [4.69, 9.17) is 0 Å². The van der Waals surface area contributed by atoms with E-state index >= 15 is 0 Å². The van der Waals surface area contributed by atoms with Crippen molar-refractivity contribution in [2.75, 3.05) is 18.1 Å². The van der Waals surface area contributed by atoms with Gasteiger partial charge in [-0.1, -0.05) is 71.5 Å². The lowest BCUT2D eigenvalue weighted by atomic mass is 10.2. The van der Waals surface area contributed by atoms with Crippen LogP contribution in [0.1, 0.15) is 11.1 Å². The monoisotopic (exact) mass is 416 g/mol. The third kappa shape index (κ3) is 5.44. The molecule has 146 valence electrons. The second kappa shape index (κ2) is 8.59. The van der Waals surface area contributed by atoms with Crippen molar-refractivity contribution in [1.29, 1.82) is 0 Å². The molecule has 1 aromatic heterocycles. The zero-order valence-electron chi connectivity index (χ0n) is 15.5. The summed E-state index contributed by atoms with van der Waals surface area (Å²) in [7, 11) is -3.55.